The molecule has 5 heteroatoms. The van der Waals surface area contributed by atoms with Crippen molar-refractivity contribution in [2.24, 2.45) is 0 Å². The standard InChI is InChI=1S/C15H19NO3S/c1-20(17,18)19-11-10-16-14-8-4-2-6-12(14)13-7-3-5-9-15(13)16/h2,4,6,8H,3,5,7,9-11H2,1H3. The first-order valence-electron chi connectivity index (χ1n) is 6.99. The molecule has 0 bridgehead atoms. The Morgan fingerprint density at radius 1 is 1.20 bits per heavy atom. The molecule has 0 saturated carbocycles. The summed E-state index contributed by atoms with van der Waals surface area (Å²) in [6.07, 6.45) is 5.73. The van der Waals surface area contributed by atoms with Crippen LogP contribution in [0.5, 0.6) is 0 Å². The molecule has 0 radical (unpaired) electrons. The molecular weight excluding hydrogens is 274 g/mol. The summed E-state index contributed by atoms with van der Waals surface area (Å²) in [6, 6.07) is 8.36. The summed E-state index contributed by atoms with van der Waals surface area (Å²) in [5.74, 6) is 0. The van der Waals surface area contributed by atoms with Crippen molar-refractivity contribution >= 4 is 21.0 Å². The first kappa shape index (κ1) is 13.6. The highest BCUT2D eigenvalue weighted by Crippen LogP contribution is 2.31. The van der Waals surface area contributed by atoms with Crippen molar-refractivity contribution in [2.75, 3.05) is 12.9 Å². The zero-order valence-corrected chi connectivity index (χ0v) is 12.4. The van der Waals surface area contributed by atoms with Crippen molar-refractivity contribution in [1.82, 2.24) is 4.57 Å². The molecule has 20 heavy (non-hydrogen) atoms. The zero-order chi connectivity index (χ0) is 14.2. The van der Waals surface area contributed by atoms with Gasteiger partial charge in [0, 0.05) is 23.1 Å². The minimum absolute atomic E-state index is 0.198. The first-order valence-corrected chi connectivity index (χ1v) is 8.81. The van der Waals surface area contributed by atoms with Crippen LogP contribution in [-0.4, -0.2) is 25.8 Å². The lowest BCUT2D eigenvalue weighted by Crippen LogP contribution is -2.14. The van der Waals surface area contributed by atoms with Crippen LogP contribution in [0.4, 0.5) is 0 Å². The van der Waals surface area contributed by atoms with Crippen molar-refractivity contribution in [2.45, 2.75) is 32.2 Å². The van der Waals surface area contributed by atoms with Gasteiger partial charge in [0.1, 0.15) is 0 Å². The molecular formula is C15H19NO3S. The lowest BCUT2D eigenvalue weighted by Gasteiger charge is -2.15. The lowest BCUT2D eigenvalue weighted by atomic mass is 9.96. The topological polar surface area (TPSA) is 48.3 Å². The number of hydrogen-bond donors (Lipinski definition) is 0. The number of para-hydroxylation sites is 1. The fourth-order valence-electron chi connectivity index (χ4n) is 3.12. The van der Waals surface area contributed by atoms with E-state index in [4.69, 9.17) is 4.18 Å². The molecule has 0 atom stereocenters. The summed E-state index contributed by atoms with van der Waals surface area (Å²) in [4.78, 5) is 0. The molecule has 108 valence electrons. The Balaban J connectivity index is 1.97. The average Bonchev–Trinajstić information content (AvgIpc) is 2.73. The van der Waals surface area contributed by atoms with Crippen molar-refractivity contribution in [3.63, 3.8) is 0 Å². The highest BCUT2D eigenvalue weighted by atomic mass is 32.2. The minimum Gasteiger partial charge on any atom is -0.342 e. The number of benzene rings is 1. The molecule has 0 unspecified atom stereocenters. The van der Waals surface area contributed by atoms with Gasteiger partial charge in [-0.1, -0.05) is 18.2 Å². The molecule has 1 heterocycles. The predicted octanol–water partition coefficient (Wildman–Crippen LogP) is 2.50. The van der Waals surface area contributed by atoms with Crippen LogP contribution in [0.2, 0.25) is 0 Å². The average molecular weight is 293 g/mol. The highest BCUT2D eigenvalue weighted by molar-refractivity contribution is 7.85. The molecule has 2 aromatic rings. The largest absolute Gasteiger partial charge is 0.342 e. The normalized spacial score (nSPS) is 15.4. The van der Waals surface area contributed by atoms with E-state index in [1.165, 1.54) is 35.0 Å². The Morgan fingerprint density at radius 2 is 1.95 bits per heavy atom. The first-order chi connectivity index (χ1) is 9.56. The summed E-state index contributed by atoms with van der Waals surface area (Å²) >= 11 is 0. The second kappa shape index (κ2) is 5.22. The molecule has 0 amide bonds. The van der Waals surface area contributed by atoms with Gasteiger partial charge in [0.05, 0.1) is 12.9 Å². The van der Waals surface area contributed by atoms with E-state index < -0.39 is 10.1 Å². The van der Waals surface area contributed by atoms with Crippen molar-refractivity contribution in [3.05, 3.63) is 35.5 Å². The monoisotopic (exact) mass is 293 g/mol. The third-order valence-electron chi connectivity index (χ3n) is 3.90. The van der Waals surface area contributed by atoms with Gasteiger partial charge in [-0.2, -0.15) is 8.42 Å². The van der Waals surface area contributed by atoms with Crippen molar-refractivity contribution in [1.29, 1.82) is 0 Å². The third kappa shape index (κ3) is 2.60. The number of aryl methyl sites for hydroxylation is 1. The summed E-state index contributed by atoms with van der Waals surface area (Å²) in [5.41, 5.74) is 3.98. The minimum atomic E-state index is -3.37. The fraction of sp³-hybridized carbons (Fsp3) is 0.467. The summed E-state index contributed by atoms with van der Waals surface area (Å²) in [5, 5.41) is 1.31. The number of aromatic nitrogens is 1. The molecule has 1 aliphatic rings. The fourth-order valence-corrected chi connectivity index (χ4v) is 3.50. The molecule has 1 aromatic carbocycles. The van der Waals surface area contributed by atoms with Crippen molar-refractivity contribution in [3.8, 4) is 0 Å². The maximum absolute atomic E-state index is 11.1. The Hall–Kier alpha value is -1.33. The van der Waals surface area contributed by atoms with Gasteiger partial charge in [-0.3, -0.25) is 4.18 Å². The Labute approximate surface area is 119 Å². The van der Waals surface area contributed by atoms with E-state index in [0.717, 1.165) is 19.1 Å². The van der Waals surface area contributed by atoms with E-state index in [9.17, 15) is 8.42 Å². The van der Waals surface area contributed by atoms with Crippen LogP contribution in [0.1, 0.15) is 24.1 Å². The SMILES string of the molecule is CS(=O)(=O)OCCn1c2c(c3ccccc31)CCCC2. The molecule has 4 nitrogen and oxygen atoms in total. The van der Waals surface area contributed by atoms with Crippen LogP contribution in [0.3, 0.4) is 0 Å². The molecule has 3 rings (SSSR count). The van der Waals surface area contributed by atoms with Gasteiger partial charge in [-0.25, -0.2) is 0 Å². The second-order valence-corrected chi connectivity index (χ2v) is 6.97. The number of fused-ring (bicyclic) bond motifs is 3. The van der Waals surface area contributed by atoms with E-state index in [1.54, 1.807) is 0 Å². The summed E-state index contributed by atoms with van der Waals surface area (Å²) in [7, 11) is -3.37. The van der Waals surface area contributed by atoms with Crippen LogP contribution in [0.25, 0.3) is 10.9 Å². The van der Waals surface area contributed by atoms with E-state index >= 15 is 0 Å². The van der Waals surface area contributed by atoms with Crippen LogP contribution in [-0.2, 0) is 33.7 Å². The second-order valence-electron chi connectivity index (χ2n) is 5.33. The Kier molecular flexibility index (Phi) is 3.56. The van der Waals surface area contributed by atoms with Crippen LogP contribution < -0.4 is 0 Å². The smallest absolute Gasteiger partial charge is 0.264 e. The van der Waals surface area contributed by atoms with E-state index in [2.05, 4.69) is 22.8 Å². The molecule has 0 saturated heterocycles. The van der Waals surface area contributed by atoms with Crippen LogP contribution in [0, 0.1) is 0 Å². The zero-order valence-electron chi connectivity index (χ0n) is 11.6. The van der Waals surface area contributed by atoms with Gasteiger partial charge in [0.2, 0.25) is 0 Å². The molecule has 0 fully saturated rings. The summed E-state index contributed by atoms with van der Waals surface area (Å²) in [6.45, 7) is 0.785. The maximum Gasteiger partial charge on any atom is 0.264 e. The van der Waals surface area contributed by atoms with Crippen molar-refractivity contribution < 1.29 is 12.6 Å². The lowest BCUT2D eigenvalue weighted by molar-refractivity contribution is 0.304. The predicted molar refractivity (Wildman–Crippen MR) is 79.4 cm³/mol. The Morgan fingerprint density at radius 3 is 2.75 bits per heavy atom. The quantitative estimate of drug-likeness (QED) is 0.814. The van der Waals surface area contributed by atoms with Crippen LogP contribution in [0.15, 0.2) is 24.3 Å². The van der Waals surface area contributed by atoms with E-state index in [0.29, 0.717) is 6.54 Å². The van der Waals surface area contributed by atoms with Gasteiger partial charge >= 0.3 is 0 Å². The Bertz CT molecular complexity index is 731. The van der Waals surface area contributed by atoms with Gasteiger partial charge in [-0.15, -0.1) is 0 Å². The molecule has 1 aliphatic carbocycles. The van der Waals surface area contributed by atoms with Gasteiger partial charge < -0.3 is 4.57 Å². The van der Waals surface area contributed by atoms with Gasteiger partial charge in [-0.05, 0) is 37.3 Å². The van der Waals surface area contributed by atoms with Gasteiger partial charge in [0.15, 0.2) is 0 Å². The third-order valence-corrected chi connectivity index (χ3v) is 4.49. The molecule has 1 aromatic heterocycles. The van der Waals surface area contributed by atoms with E-state index in [1.807, 2.05) is 6.07 Å². The number of rotatable bonds is 4. The van der Waals surface area contributed by atoms with E-state index in [-0.39, 0.29) is 6.61 Å². The van der Waals surface area contributed by atoms with Gasteiger partial charge in [0.25, 0.3) is 10.1 Å². The van der Waals surface area contributed by atoms with Crippen LogP contribution >= 0.6 is 0 Å². The molecule has 0 N–H and O–H groups in total. The molecule has 0 aliphatic heterocycles. The number of nitrogens with zero attached hydrogens (tertiary/aromatic N) is 1. The summed E-state index contributed by atoms with van der Waals surface area (Å²) < 4.78 is 29.3. The molecule has 0 spiro atoms. The highest BCUT2D eigenvalue weighted by Gasteiger charge is 2.19. The maximum atomic E-state index is 11.1. The number of hydrogen-bond acceptors (Lipinski definition) is 3.